The molecule has 82 valence electrons. The molecule has 0 saturated heterocycles. The minimum atomic E-state index is 0.145. The summed E-state index contributed by atoms with van der Waals surface area (Å²) in [6, 6.07) is 13.1. The molecule has 0 amide bonds. The van der Waals surface area contributed by atoms with Crippen LogP contribution >= 0.6 is 0 Å². The van der Waals surface area contributed by atoms with Crippen LogP contribution in [0.2, 0.25) is 0 Å². The summed E-state index contributed by atoms with van der Waals surface area (Å²) in [6.45, 7) is 1.82. The van der Waals surface area contributed by atoms with Crippen molar-refractivity contribution < 1.29 is 10.2 Å². The van der Waals surface area contributed by atoms with Gasteiger partial charge in [-0.25, -0.2) is 0 Å². The molecule has 2 aromatic carbocycles. The van der Waals surface area contributed by atoms with E-state index in [2.05, 4.69) is 0 Å². The van der Waals surface area contributed by atoms with Crippen molar-refractivity contribution in [2.75, 3.05) is 0 Å². The summed E-state index contributed by atoms with van der Waals surface area (Å²) < 4.78 is 0. The lowest BCUT2D eigenvalue weighted by Gasteiger charge is -2.09. The molecule has 2 N–H and O–H groups in total. The minimum absolute atomic E-state index is 0.145. The number of benzene rings is 2. The molecule has 0 spiro atoms. The maximum absolute atomic E-state index is 9.88. The van der Waals surface area contributed by atoms with Gasteiger partial charge in [-0.15, -0.1) is 0 Å². The summed E-state index contributed by atoms with van der Waals surface area (Å²) in [4.78, 5) is 0. The molecule has 0 aliphatic carbocycles. The van der Waals surface area contributed by atoms with E-state index < -0.39 is 0 Å². The Morgan fingerprint density at radius 2 is 1.62 bits per heavy atom. The highest BCUT2D eigenvalue weighted by Crippen LogP contribution is 2.31. The highest BCUT2D eigenvalue weighted by molar-refractivity contribution is 5.50. The lowest BCUT2D eigenvalue weighted by molar-refractivity contribution is 0.438. The third kappa shape index (κ3) is 2.01. The summed E-state index contributed by atoms with van der Waals surface area (Å²) in [5, 5.41) is 19.6. The Hall–Kier alpha value is -1.96. The van der Waals surface area contributed by atoms with Crippen LogP contribution in [-0.2, 0) is 6.42 Å². The molecule has 2 nitrogen and oxygen atoms in total. The zero-order chi connectivity index (χ0) is 11.5. The highest BCUT2D eigenvalue weighted by Gasteiger charge is 2.10. The molecule has 2 heteroatoms. The lowest BCUT2D eigenvalue weighted by atomic mass is 10.0. The van der Waals surface area contributed by atoms with Gasteiger partial charge in [0.2, 0.25) is 0 Å². The van der Waals surface area contributed by atoms with Crippen molar-refractivity contribution in [1.29, 1.82) is 0 Å². The van der Waals surface area contributed by atoms with Gasteiger partial charge < -0.3 is 10.2 Å². The molecule has 2 rings (SSSR count). The number of rotatable bonds is 2. The van der Waals surface area contributed by atoms with Gasteiger partial charge in [0.15, 0.2) is 0 Å². The summed E-state index contributed by atoms with van der Waals surface area (Å²) in [6.07, 6.45) is 0.542. The fraction of sp³-hybridized carbons (Fsp3) is 0.143. The van der Waals surface area contributed by atoms with Crippen LogP contribution in [0.4, 0.5) is 0 Å². The SMILES string of the molecule is Cc1ccc(O)c(Cc2ccccc2)c1O. The summed E-state index contributed by atoms with van der Waals surface area (Å²) in [5.41, 5.74) is 2.44. The van der Waals surface area contributed by atoms with E-state index in [4.69, 9.17) is 0 Å². The van der Waals surface area contributed by atoms with E-state index in [0.29, 0.717) is 12.0 Å². The fourth-order valence-electron chi connectivity index (χ4n) is 1.72. The van der Waals surface area contributed by atoms with E-state index in [1.54, 1.807) is 12.1 Å². The second kappa shape index (κ2) is 4.27. The van der Waals surface area contributed by atoms with Gasteiger partial charge in [-0.3, -0.25) is 0 Å². The summed E-state index contributed by atoms with van der Waals surface area (Å²) in [7, 11) is 0. The van der Waals surface area contributed by atoms with E-state index in [0.717, 1.165) is 11.1 Å². The van der Waals surface area contributed by atoms with Gasteiger partial charge >= 0.3 is 0 Å². The Labute approximate surface area is 94.8 Å². The van der Waals surface area contributed by atoms with E-state index in [1.165, 1.54) is 0 Å². The topological polar surface area (TPSA) is 40.5 Å². The third-order valence-electron chi connectivity index (χ3n) is 2.68. The Morgan fingerprint density at radius 3 is 2.31 bits per heavy atom. The lowest BCUT2D eigenvalue weighted by Crippen LogP contribution is -1.91. The molecule has 0 atom stereocenters. The monoisotopic (exact) mass is 214 g/mol. The van der Waals surface area contributed by atoms with Gasteiger partial charge in [0.1, 0.15) is 11.5 Å². The predicted octanol–water partition coefficient (Wildman–Crippen LogP) is 3.00. The normalized spacial score (nSPS) is 10.3. The van der Waals surface area contributed by atoms with Gasteiger partial charge in [-0.05, 0) is 24.1 Å². The molecule has 0 heterocycles. The average Bonchev–Trinajstić information content (AvgIpc) is 2.31. The van der Waals surface area contributed by atoms with Crippen LogP contribution in [0, 0.1) is 6.92 Å². The number of phenols is 2. The van der Waals surface area contributed by atoms with Crippen LogP contribution in [0.25, 0.3) is 0 Å². The van der Waals surface area contributed by atoms with Gasteiger partial charge in [0.25, 0.3) is 0 Å². The van der Waals surface area contributed by atoms with Gasteiger partial charge in [-0.2, -0.15) is 0 Å². The molecule has 0 saturated carbocycles. The van der Waals surface area contributed by atoms with Crippen LogP contribution in [0.15, 0.2) is 42.5 Å². The van der Waals surface area contributed by atoms with E-state index >= 15 is 0 Å². The van der Waals surface area contributed by atoms with Crippen molar-refractivity contribution in [3.8, 4) is 11.5 Å². The summed E-state index contributed by atoms with van der Waals surface area (Å²) in [5.74, 6) is 0.329. The molecule has 0 aliphatic heterocycles. The third-order valence-corrected chi connectivity index (χ3v) is 2.68. The maximum Gasteiger partial charge on any atom is 0.125 e. The first kappa shape index (κ1) is 10.6. The van der Waals surface area contributed by atoms with Crippen LogP contribution in [0.5, 0.6) is 11.5 Å². The van der Waals surface area contributed by atoms with E-state index in [1.807, 2.05) is 37.3 Å². The molecule has 0 aromatic heterocycles. The molecule has 0 unspecified atom stereocenters. The number of hydrogen-bond donors (Lipinski definition) is 2. The Morgan fingerprint density at radius 1 is 0.938 bits per heavy atom. The highest BCUT2D eigenvalue weighted by atomic mass is 16.3. The van der Waals surface area contributed by atoms with Crippen LogP contribution in [0.1, 0.15) is 16.7 Å². The Kier molecular flexibility index (Phi) is 2.82. The standard InChI is InChI=1S/C14H14O2/c1-10-7-8-13(15)12(14(10)16)9-11-5-3-2-4-6-11/h2-8,15-16H,9H2,1H3. The Balaban J connectivity index is 2.38. The quantitative estimate of drug-likeness (QED) is 0.806. The van der Waals surface area contributed by atoms with Crippen molar-refractivity contribution in [2.45, 2.75) is 13.3 Å². The number of hydrogen-bond acceptors (Lipinski definition) is 2. The number of phenolic OH excluding ortho intramolecular Hbond substituents is 2. The zero-order valence-corrected chi connectivity index (χ0v) is 9.14. The average molecular weight is 214 g/mol. The van der Waals surface area contributed by atoms with Crippen LogP contribution < -0.4 is 0 Å². The van der Waals surface area contributed by atoms with E-state index in [-0.39, 0.29) is 11.5 Å². The maximum atomic E-state index is 9.88. The van der Waals surface area contributed by atoms with Gasteiger partial charge in [0.05, 0.1) is 0 Å². The van der Waals surface area contributed by atoms with Crippen molar-refractivity contribution in [3.05, 3.63) is 59.2 Å². The first-order valence-electron chi connectivity index (χ1n) is 5.23. The van der Waals surface area contributed by atoms with Crippen molar-refractivity contribution in [3.63, 3.8) is 0 Å². The molecule has 2 aromatic rings. The molecule has 0 aliphatic rings. The van der Waals surface area contributed by atoms with E-state index in [9.17, 15) is 10.2 Å². The number of aryl methyl sites for hydroxylation is 1. The van der Waals surface area contributed by atoms with Crippen LogP contribution in [0.3, 0.4) is 0 Å². The fourth-order valence-corrected chi connectivity index (χ4v) is 1.72. The van der Waals surface area contributed by atoms with Crippen molar-refractivity contribution >= 4 is 0 Å². The predicted molar refractivity (Wildman–Crippen MR) is 63.8 cm³/mol. The zero-order valence-electron chi connectivity index (χ0n) is 9.14. The Bertz CT molecular complexity index is 490. The van der Waals surface area contributed by atoms with Gasteiger partial charge in [-0.1, -0.05) is 36.4 Å². The summed E-state index contributed by atoms with van der Waals surface area (Å²) >= 11 is 0. The minimum Gasteiger partial charge on any atom is -0.508 e. The first-order chi connectivity index (χ1) is 7.68. The smallest absolute Gasteiger partial charge is 0.125 e. The van der Waals surface area contributed by atoms with Crippen molar-refractivity contribution in [1.82, 2.24) is 0 Å². The molecule has 0 bridgehead atoms. The second-order valence-electron chi connectivity index (χ2n) is 3.89. The largest absolute Gasteiger partial charge is 0.508 e. The molecular formula is C14H14O2. The first-order valence-corrected chi connectivity index (χ1v) is 5.23. The van der Waals surface area contributed by atoms with Gasteiger partial charge in [0, 0.05) is 12.0 Å². The second-order valence-corrected chi connectivity index (χ2v) is 3.89. The number of aromatic hydroxyl groups is 2. The molecule has 0 radical (unpaired) electrons. The van der Waals surface area contributed by atoms with Crippen molar-refractivity contribution in [2.24, 2.45) is 0 Å². The molecular weight excluding hydrogens is 200 g/mol. The van der Waals surface area contributed by atoms with Crippen LogP contribution in [-0.4, -0.2) is 10.2 Å². The molecule has 0 fully saturated rings. The molecule has 16 heavy (non-hydrogen) atoms.